The van der Waals surface area contributed by atoms with Gasteiger partial charge in [-0.2, -0.15) is 0 Å². The predicted octanol–water partition coefficient (Wildman–Crippen LogP) is -1.12. The van der Waals surface area contributed by atoms with E-state index in [-0.39, 0.29) is 24.7 Å². The van der Waals surface area contributed by atoms with Crippen LogP contribution in [-0.2, 0) is 9.53 Å². The molecule has 4 nitrogen and oxygen atoms in total. The quantitative estimate of drug-likeness (QED) is 0.483. The summed E-state index contributed by atoms with van der Waals surface area (Å²) >= 11 is 0. The molecule has 0 bridgehead atoms. The van der Waals surface area contributed by atoms with E-state index in [1.165, 1.54) is 7.11 Å². The first kappa shape index (κ1) is 7.50. The van der Waals surface area contributed by atoms with Gasteiger partial charge in [0.25, 0.3) is 0 Å². The molecule has 2 N–H and O–H groups in total. The Hall–Kier alpha value is -0.610. The fraction of sp³-hybridized carbons (Fsp3) is 0.833. The van der Waals surface area contributed by atoms with E-state index in [4.69, 9.17) is 5.11 Å². The number of methoxy groups -OCH3 is 1. The number of rotatable bonds is 2. The number of nitrogens with one attached hydrogen (secondary N) is 1. The molecule has 1 saturated heterocycles. The topological polar surface area (TPSA) is 58.6 Å². The van der Waals surface area contributed by atoms with E-state index >= 15 is 0 Å². The minimum Gasteiger partial charge on any atom is -0.468 e. The van der Waals surface area contributed by atoms with Crippen molar-refractivity contribution in [1.82, 2.24) is 5.32 Å². The Morgan fingerprint density at radius 3 is 2.90 bits per heavy atom. The van der Waals surface area contributed by atoms with Crippen LogP contribution in [0.4, 0.5) is 0 Å². The van der Waals surface area contributed by atoms with E-state index in [2.05, 4.69) is 10.1 Å². The van der Waals surface area contributed by atoms with Gasteiger partial charge in [-0.15, -0.1) is 0 Å². The zero-order valence-electron chi connectivity index (χ0n) is 5.83. The molecule has 0 radical (unpaired) electrons. The molecular weight excluding hydrogens is 134 g/mol. The summed E-state index contributed by atoms with van der Waals surface area (Å²) in [6, 6.07) is -0.105. The number of carbonyl (C=O) groups is 1. The van der Waals surface area contributed by atoms with Crippen molar-refractivity contribution in [3.8, 4) is 0 Å². The smallest absolute Gasteiger partial charge is 0.322 e. The number of esters is 1. The lowest BCUT2D eigenvalue weighted by atomic mass is 9.98. The Morgan fingerprint density at radius 1 is 1.90 bits per heavy atom. The molecule has 0 aliphatic carbocycles. The van der Waals surface area contributed by atoms with Gasteiger partial charge in [-0.1, -0.05) is 0 Å². The van der Waals surface area contributed by atoms with Gasteiger partial charge in [-0.05, 0) is 6.42 Å². The van der Waals surface area contributed by atoms with Gasteiger partial charge in [-0.25, -0.2) is 0 Å². The van der Waals surface area contributed by atoms with Crippen molar-refractivity contribution < 1.29 is 14.6 Å². The van der Waals surface area contributed by atoms with E-state index in [0.29, 0.717) is 6.42 Å². The summed E-state index contributed by atoms with van der Waals surface area (Å²) in [4.78, 5) is 10.7. The molecule has 0 spiro atoms. The van der Waals surface area contributed by atoms with Crippen LogP contribution in [0, 0.1) is 0 Å². The minimum absolute atomic E-state index is 0.0871. The molecule has 1 rings (SSSR count). The summed E-state index contributed by atoms with van der Waals surface area (Å²) in [5.74, 6) is -0.246. The Balaban J connectivity index is 2.19. The summed E-state index contributed by atoms with van der Waals surface area (Å²) in [7, 11) is 1.36. The maximum Gasteiger partial charge on any atom is 0.322 e. The van der Waals surface area contributed by atoms with Crippen LogP contribution in [0.3, 0.4) is 0 Å². The average molecular weight is 145 g/mol. The van der Waals surface area contributed by atoms with Crippen LogP contribution in [0.15, 0.2) is 0 Å². The van der Waals surface area contributed by atoms with E-state index in [0.717, 1.165) is 0 Å². The molecule has 0 amide bonds. The molecule has 0 aromatic heterocycles. The fourth-order valence-electron chi connectivity index (χ4n) is 0.978. The van der Waals surface area contributed by atoms with Crippen molar-refractivity contribution in [2.45, 2.75) is 18.5 Å². The number of ether oxygens (including phenoxy) is 1. The maximum absolute atomic E-state index is 10.7. The molecule has 0 unspecified atom stereocenters. The highest BCUT2D eigenvalue weighted by Crippen LogP contribution is 2.11. The summed E-state index contributed by atoms with van der Waals surface area (Å²) in [5.41, 5.74) is 0. The third-order valence-electron chi connectivity index (χ3n) is 1.66. The zero-order chi connectivity index (χ0) is 7.56. The monoisotopic (exact) mass is 145 g/mol. The number of hydrogen-bond acceptors (Lipinski definition) is 4. The van der Waals surface area contributed by atoms with Crippen molar-refractivity contribution in [3.05, 3.63) is 0 Å². The summed E-state index contributed by atoms with van der Waals surface area (Å²) in [6.45, 7) is 0.0908. The number of aliphatic hydroxyl groups excluding tert-OH is 1. The molecule has 1 heterocycles. The van der Waals surface area contributed by atoms with Crippen molar-refractivity contribution >= 4 is 5.97 Å². The van der Waals surface area contributed by atoms with Gasteiger partial charge < -0.3 is 9.84 Å². The summed E-state index contributed by atoms with van der Waals surface area (Å²) in [5, 5.41) is 11.4. The van der Waals surface area contributed by atoms with Gasteiger partial charge in [0.1, 0.15) is 6.04 Å². The second-order valence-electron chi connectivity index (χ2n) is 2.36. The summed E-state index contributed by atoms with van der Waals surface area (Å²) < 4.78 is 4.46. The van der Waals surface area contributed by atoms with Gasteiger partial charge in [0.2, 0.25) is 0 Å². The lowest BCUT2D eigenvalue weighted by Gasteiger charge is -2.33. The first-order valence-corrected chi connectivity index (χ1v) is 3.22. The van der Waals surface area contributed by atoms with E-state index < -0.39 is 0 Å². The number of aliphatic hydroxyl groups is 1. The van der Waals surface area contributed by atoms with Crippen molar-refractivity contribution in [2.24, 2.45) is 0 Å². The van der Waals surface area contributed by atoms with Crippen LogP contribution >= 0.6 is 0 Å². The van der Waals surface area contributed by atoms with Gasteiger partial charge in [-0.3, -0.25) is 10.1 Å². The normalized spacial score (nSPS) is 31.0. The lowest BCUT2D eigenvalue weighted by Crippen LogP contribution is -2.58. The van der Waals surface area contributed by atoms with Crippen LogP contribution in [0.5, 0.6) is 0 Å². The number of hydrogen-bond donors (Lipinski definition) is 2. The molecule has 1 aliphatic heterocycles. The highest BCUT2D eigenvalue weighted by molar-refractivity contribution is 5.76. The van der Waals surface area contributed by atoms with Crippen LogP contribution in [0.25, 0.3) is 0 Å². The molecule has 0 aromatic carbocycles. The molecule has 58 valence electrons. The number of carbonyl (C=O) groups excluding carboxylic acids is 1. The van der Waals surface area contributed by atoms with Crippen molar-refractivity contribution in [3.63, 3.8) is 0 Å². The molecule has 10 heavy (non-hydrogen) atoms. The second-order valence-corrected chi connectivity index (χ2v) is 2.36. The first-order valence-electron chi connectivity index (χ1n) is 3.22. The fourth-order valence-corrected chi connectivity index (χ4v) is 0.978. The molecule has 4 heteroatoms. The average Bonchev–Trinajstić information content (AvgIpc) is 1.85. The Morgan fingerprint density at radius 2 is 2.50 bits per heavy atom. The third-order valence-corrected chi connectivity index (χ3v) is 1.66. The molecular formula is C6H11NO3. The zero-order valence-corrected chi connectivity index (χ0v) is 5.83. The lowest BCUT2D eigenvalue weighted by molar-refractivity contribution is -0.146. The predicted molar refractivity (Wildman–Crippen MR) is 34.4 cm³/mol. The van der Waals surface area contributed by atoms with E-state index in [1.54, 1.807) is 0 Å². The SMILES string of the molecule is COC(=O)[C@H]1C[C@@H](CO)N1. The van der Waals surface area contributed by atoms with Gasteiger partial charge >= 0.3 is 5.97 Å². The van der Waals surface area contributed by atoms with Gasteiger partial charge in [0.15, 0.2) is 0 Å². The first-order chi connectivity index (χ1) is 4.77. The third kappa shape index (κ3) is 1.27. The Labute approximate surface area is 59.2 Å². The van der Waals surface area contributed by atoms with Crippen LogP contribution in [0.2, 0.25) is 0 Å². The maximum atomic E-state index is 10.7. The minimum atomic E-state index is -0.246. The van der Waals surface area contributed by atoms with E-state index in [1.807, 2.05) is 0 Å². The molecule has 0 saturated carbocycles. The molecule has 2 atom stereocenters. The Kier molecular flexibility index (Phi) is 2.24. The standard InChI is InChI=1S/C6H11NO3/c1-10-6(9)5-2-4(3-8)7-5/h4-5,7-8H,2-3H2,1H3/t4-,5+/m0/s1. The Bertz CT molecular complexity index is 131. The molecule has 1 fully saturated rings. The van der Waals surface area contributed by atoms with Crippen LogP contribution < -0.4 is 5.32 Å². The summed E-state index contributed by atoms with van der Waals surface area (Å²) in [6.07, 6.45) is 0.684. The molecule has 0 aromatic rings. The van der Waals surface area contributed by atoms with Gasteiger partial charge in [0, 0.05) is 6.04 Å². The highest BCUT2D eigenvalue weighted by Gasteiger charge is 2.33. The highest BCUT2D eigenvalue weighted by atomic mass is 16.5. The van der Waals surface area contributed by atoms with Crippen molar-refractivity contribution in [1.29, 1.82) is 0 Å². The van der Waals surface area contributed by atoms with Crippen LogP contribution in [-0.4, -0.2) is 36.9 Å². The van der Waals surface area contributed by atoms with Crippen LogP contribution in [0.1, 0.15) is 6.42 Å². The van der Waals surface area contributed by atoms with Gasteiger partial charge in [0.05, 0.1) is 13.7 Å². The largest absolute Gasteiger partial charge is 0.468 e. The molecule has 1 aliphatic rings. The van der Waals surface area contributed by atoms with E-state index in [9.17, 15) is 4.79 Å². The second kappa shape index (κ2) is 2.98. The van der Waals surface area contributed by atoms with Crippen molar-refractivity contribution in [2.75, 3.05) is 13.7 Å².